The van der Waals surface area contributed by atoms with Crippen molar-refractivity contribution in [2.45, 2.75) is 13.0 Å². The predicted octanol–water partition coefficient (Wildman–Crippen LogP) is 4.78. The fraction of sp³-hybridized carbons (Fsp3) is 0.276. The average Bonchev–Trinajstić information content (AvgIpc) is 3.44. The van der Waals surface area contributed by atoms with E-state index in [2.05, 4.69) is 63.4 Å². The minimum atomic E-state index is 0.278. The first-order valence-corrected chi connectivity index (χ1v) is 12.2. The summed E-state index contributed by atoms with van der Waals surface area (Å²) < 4.78 is 5.82. The van der Waals surface area contributed by atoms with Gasteiger partial charge in [0.05, 0.1) is 18.5 Å². The van der Waals surface area contributed by atoms with Crippen molar-refractivity contribution >= 4 is 0 Å². The lowest BCUT2D eigenvalue weighted by Gasteiger charge is -2.32. The summed E-state index contributed by atoms with van der Waals surface area (Å²) in [6.45, 7) is 5.31. The van der Waals surface area contributed by atoms with E-state index in [0.29, 0.717) is 0 Å². The number of rotatable bonds is 5. The minimum Gasteiger partial charge on any atom is -0.508 e. The van der Waals surface area contributed by atoms with Gasteiger partial charge in [-0.15, -0.1) is 0 Å². The largest absolute Gasteiger partial charge is 0.508 e. The number of methoxy groups -OCH3 is 1. The molecule has 6 nitrogen and oxygen atoms in total. The van der Waals surface area contributed by atoms with Crippen LogP contribution in [-0.4, -0.2) is 65.4 Å². The fourth-order valence-corrected chi connectivity index (χ4v) is 5.28. The van der Waals surface area contributed by atoms with E-state index in [0.717, 1.165) is 73.0 Å². The molecule has 6 rings (SSSR count). The smallest absolute Gasteiger partial charge is 0.124 e. The maximum absolute atomic E-state index is 9.55. The van der Waals surface area contributed by atoms with Crippen molar-refractivity contribution in [3.63, 3.8) is 0 Å². The number of nitrogens with one attached hydrogen (secondary N) is 1. The quantitative estimate of drug-likeness (QED) is 0.390. The first-order valence-electron chi connectivity index (χ1n) is 12.2. The van der Waals surface area contributed by atoms with Crippen LogP contribution in [0.5, 0.6) is 11.5 Å². The number of aromatic amines is 1. The maximum atomic E-state index is 9.55. The summed E-state index contributed by atoms with van der Waals surface area (Å²) in [5, 5.41) is 17.5. The maximum Gasteiger partial charge on any atom is 0.124 e. The molecule has 0 saturated carbocycles. The Kier molecular flexibility index (Phi) is 5.55. The molecule has 178 valence electrons. The highest BCUT2D eigenvalue weighted by Gasteiger charge is 2.27. The number of aromatic hydroxyl groups is 1. The Labute approximate surface area is 205 Å². The number of fused-ring (bicyclic) bond motifs is 3. The standard InChI is InChI=1S/C29H30N4O2/c1-32-11-13-33(14-12-32)18-23-15-22-16-26-28(30-31-29(26)25(22)17-27(23)35-2)21-5-3-19(4-6-21)20-7-9-24(34)10-8-20/h3-10,15,17,34H,11-14,16,18H2,1-2H3,(H,30,31). The first-order chi connectivity index (χ1) is 17.1. The lowest BCUT2D eigenvalue weighted by molar-refractivity contribution is 0.147. The number of phenols is 1. The van der Waals surface area contributed by atoms with Gasteiger partial charge >= 0.3 is 0 Å². The van der Waals surface area contributed by atoms with Gasteiger partial charge in [-0.2, -0.15) is 5.10 Å². The van der Waals surface area contributed by atoms with Gasteiger partial charge in [0, 0.05) is 61.4 Å². The van der Waals surface area contributed by atoms with Crippen LogP contribution in [0.3, 0.4) is 0 Å². The number of aromatic nitrogens is 2. The van der Waals surface area contributed by atoms with Crippen molar-refractivity contribution in [1.29, 1.82) is 0 Å². The van der Waals surface area contributed by atoms with Gasteiger partial charge in [-0.3, -0.25) is 10.00 Å². The van der Waals surface area contributed by atoms with Crippen LogP contribution < -0.4 is 4.74 Å². The highest BCUT2D eigenvalue weighted by molar-refractivity contribution is 5.82. The van der Waals surface area contributed by atoms with E-state index in [1.54, 1.807) is 19.2 Å². The summed E-state index contributed by atoms with van der Waals surface area (Å²) >= 11 is 0. The van der Waals surface area contributed by atoms with Crippen molar-refractivity contribution in [2.75, 3.05) is 40.3 Å². The van der Waals surface area contributed by atoms with Crippen LogP contribution in [0.4, 0.5) is 0 Å². The van der Waals surface area contributed by atoms with Crippen LogP contribution in [0.25, 0.3) is 33.6 Å². The second-order valence-electron chi connectivity index (χ2n) is 9.63. The Morgan fingerprint density at radius 3 is 2.26 bits per heavy atom. The number of piperazine rings is 1. The molecule has 1 aliphatic heterocycles. The molecule has 2 heterocycles. The second-order valence-corrected chi connectivity index (χ2v) is 9.63. The van der Waals surface area contributed by atoms with E-state index >= 15 is 0 Å². The molecule has 4 aromatic rings. The molecule has 1 aliphatic carbocycles. The highest BCUT2D eigenvalue weighted by Crippen LogP contribution is 2.43. The van der Waals surface area contributed by atoms with Crippen molar-refractivity contribution in [3.05, 3.63) is 77.4 Å². The van der Waals surface area contributed by atoms with Gasteiger partial charge in [-0.25, -0.2) is 0 Å². The van der Waals surface area contributed by atoms with Crippen molar-refractivity contribution in [1.82, 2.24) is 20.0 Å². The minimum absolute atomic E-state index is 0.278. The van der Waals surface area contributed by atoms with E-state index in [4.69, 9.17) is 4.74 Å². The number of phenolic OH excluding ortho intramolecular Hbond substituents is 1. The van der Waals surface area contributed by atoms with E-state index in [1.807, 2.05) is 12.1 Å². The van der Waals surface area contributed by atoms with Crippen LogP contribution in [0, 0.1) is 0 Å². The van der Waals surface area contributed by atoms with Crippen molar-refractivity contribution < 1.29 is 9.84 Å². The number of hydrogen-bond donors (Lipinski definition) is 2. The third-order valence-electron chi connectivity index (χ3n) is 7.36. The molecular weight excluding hydrogens is 436 g/mol. The Balaban J connectivity index is 1.27. The second kappa shape index (κ2) is 8.87. The molecule has 1 aromatic heterocycles. The van der Waals surface area contributed by atoms with Crippen LogP contribution >= 0.6 is 0 Å². The number of H-pyrrole nitrogens is 1. The van der Waals surface area contributed by atoms with Gasteiger partial charge in [-0.05, 0) is 48.0 Å². The highest BCUT2D eigenvalue weighted by atomic mass is 16.5. The summed E-state index contributed by atoms with van der Waals surface area (Å²) in [6.07, 6.45) is 0.871. The SMILES string of the molecule is COc1cc2c(cc1CN1CCN(C)CC1)Cc1c(-c3ccc(-c4ccc(O)cc4)cc3)n[nH]c1-2. The topological polar surface area (TPSA) is 64.6 Å². The zero-order valence-electron chi connectivity index (χ0n) is 20.2. The Morgan fingerprint density at radius 2 is 1.57 bits per heavy atom. The van der Waals surface area contributed by atoms with Gasteiger partial charge in [0.25, 0.3) is 0 Å². The van der Waals surface area contributed by atoms with Crippen LogP contribution in [0.15, 0.2) is 60.7 Å². The van der Waals surface area contributed by atoms with E-state index < -0.39 is 0 Å². The molecule has 3 aromatic carbocycles. The number of likely N-dealkylation sites (N-methyl/N-ethyl adjacent to an activating group) is 1. The lowest BCUT2D eigenvalue weighted by Crippen LogP contribution is -2.43. The Hall–Kier alpha value is -3.61. The summed E-state index contributed by atoms with van der Waals surface area (Å²) in [7, 11) is 3.95. The number of ether oxygens (including phenoxy) is 1. The normalized spacial score (nSPS) is 15.7. The Bertz CT molecular complexity index is 1350. The van der Waals surface area contributed by atoms with Crippen molar-refractivity contribution in [3.8, 4) is 45.1 Å². The lowest BCUT2D eigenvalue weighted by atomic mass is 10.0. The van der Waals surface area contributed by atoms with E-state index in [-0.39, 0.29) is 5.75 Å². The molecule has 0 amide bonds. The zero-order chi connectivity index (χ0) is 23.9. The van der Waals surface area contributed by atoms with Gasteiger partial charge in [-0.1, -0.05) is 36.4 Å². The molecule has 0 bridgehead atoms. The summed E-state index contributed by atoms with van der Waals surface area (Å²) in [5.74, 6) is 1.23. The fourth-order valence-electron chi connectivity index (χ4n) is 5.28. The summed E-state index contributed by atoms with van der Waals surface area (Å²) in [5.41, 5.74) is 10.4. The Morgan fingerprint density at radius 1 is 0.914 bits per heavy atom. The average molecular weight is 467 g/mol. The molecule has 0 unspecified atom stereocenters. The van der Waals surface area contributed by atoms with Crippen LogP contribution in [0.1, 0.15) is 16.7 Å². The van der Waals surface area contributed by atoms with Gasteiger partial charge in [0.2, 0.25) is 0 Å². The molecule has 1 fully saturated rings. The molecule has 2 aliphatic rings. The van der Waals surface area contributed by atoms with Crippen molar-refractivity contribution in [2.24, 2.45) is 0 Å². The van der Waals surface area contributed by atoms with Crippen LogP contribution in [-0.2, 0) is 13.0 Å². The molecule has 35 heavy (non-hydrogen) atoms. The molecular formula is C29H30N4O2. The third-order valence-corrected chi connectivity index (χ3v) is 7.36. The molecule has 2 N–H and O–H groups in total. The molecule has 0 atom stereocenters. The number of nitrogens with zero attached hydrogens (tertiary/aromatic N) is 3. The summed E-state index contributed by atoms with van der Waals surface area (Å²) in [6, 6.07) is 20.3. The zero-order valence-corrected chi connectivity index (χ0v) is 20.2. The molecule has 0 spiro atoms. The number of hydrogen-bond acceptors (Lipinski definition) is 5. The first kappa shape index (κ1) is 21.9. The van der Waals surface area contributed by atoms with E-state index in [1.165, 1.54) is 22.3 Å². The summed E-state index contributed by atoms with van der Waals surface area (Å²) in [4.78, 5) is 4.90. The van der Waals surface area contributed by atoms with Crippen LogP contribution in [0.2, 0.25) is 0 Å². The van der Waals surface area contributed by atoms with E-state index in [9.17, 15) is 5.11 Å². The molecule has 1 saturated heterocycles. The monoisotopic (exact) mass is 466 g/mol. The molecule has 0 radical (unpaired) electrons. The van der Waals surface area contributed by atoms with Gasteiger partial charge < -0.3 is 14.7 Å². The van der Waals surface area contributed by atoms with Gasteiger partial charge in [0.15, 0.2) is 0 Å². The molecule has 6 heteroatoms. The number of benzene rings is 3. The predicted molar refractivity (Wildman–Crippen MR) is 139 cm³/mol. The van der Waals surface area contributed by atoms with Gasteiger partial charge in [0.1, 0.15) is 11.5 Å². The third kappa shape index (κ3) is 4.09.